The second-order valence-corrected chi connectivity index (χ2v) is 6.53. The van der Waals surface area contributed by atoms with Crippen LogP contribution in [0.25, 0.3) is 17.0 Å². The van der Waals surface area contributed by atoms with Crippen molar-refractivity contribution in [1.82, 2.24) is 20.3 Å². The van der Waals surface area contributed by atoms with E-state index in [1.54, 1.807) is 18.3 Å². The molecule has 0 saturated heterocycles. The van der Waals surface area contributed by atoms with Crippen LogP contribution in [0.2, 0.25) is 0 Å². The fraction of sp³-hybridized carbons (Fsp3) is 0.143. The van der Waals surface area contributed by atoms with E-state index in [-0.39, 0.29) is 16.8 Å². The molecule has 0 bridgehead atoms. The molecule has 30 heavy (non-hydrogen) atoms. The molecular formula is C21H17F3N4O2. The van der Waals surface area contributed by atoms with E-state index in [9.17, 15) is 23.1 Å². The first-order valence-corrected chi connectivity index (χ1v) is 8.74. The number of nitrogens with zero attached hydrogens (tertiary/aromatic N) is 3. The molecule has 2 heterocycles. The molecule has 2 aromatic heterocycles. The zero-order chi connectivity index (χ0) is 21.9. The molecule has 9 heteroatoms. The van der Waals surface area contributed by atoms with Crippen molar-refractivity contribution < 1.29 is 23.1 Å². The average molecular weight is 414 g/mol. The molecule has 2 N–H and O–H groups in total. The quantitative estimate of drug-likeness (QED) is 0.662. The summed E-state index contributed by atoms with van der Waals surface area (Å²) in [6, 6.07) is 6.89. The van der Waals surface area contributed by atoms with Gasteiger partial charge >= 0.3 is 6.18 Å². The predicted molar refractivity (Wildman–Crippen MR) is 104 cm³/mol. The molecule has 1 aromatic carbocycles. The molecule has 3 aromatic rings. The second kappa shape index (κ2) is 8.42. The Morgan fingerprint density at radius 1 is 1.13 bits per heavy atom. The van der Waals surface area contributed by atoms with Crippen molar-refractivity contribution in [2.75, 3.05) is 0 Å². The second-order valence-electron chi connectivity index (χ2n) is 6.53. The maximum Gasteiger partial charge on any atom is 0.418 e. The molecule has 6 nitrogen and oxygen atoms in total. The van der Waals surface area contributed by atoms with Crippen molar-refractivity contribution in [3.63, 3.8) is 0 Å². The third-order valence-electron chi connectivity index (χ3n) is 4.19. The molecule has 0 radical (unpaired) electrons. The number of rotatable bonds is 5. The summed E-state index contributed by atoms with van der Waals surface area (Å²) in [6.45, 7) is 5.52. The summed E-state index contributed by atoms with van der Waals surface area (Å²) in [5, 5.41) is 12.2. The Hall–Kier alpha value is -3.59. The van der Waals surface area contributed by atoms with Gasteiger partial charge in [0.05, 0.1) is 17.6 Å². The Morgan fingerprint density at radius 3 is 2.50 bits per heavy atom. The number of aliphatic hydroxyl groups is 1. The lowest BCUT2D eigenvalue weighted by atomic mass is 9.98. The molecule has 1 atom stereocenters. The van der Waals surface area contributed by atoms with Crippen LogP contribution in [0.5, 0.6) is 0 Å². The third kappa shape index (κ3) is 4.87. The van der Waals surface area contributed by atoms with E-state index in [4.69, 9.17) is 0 Å². The summed E-state index contributed by atoms with van der Waals surface area (Å²) in [7, 11) is 0. The number of pyridine rings is 1. The van der Waals surface area contributed by atoms with Crippen LogP contribution < -0.4 is 5.32 Å². The van der Waals surface area contributed by atoms with Gasteiger partial charge in [0.2, 0.25) is 0 Å². The number of amides is 1. The van der Waals surface area contributed by atoms with Gasteiger partial charge in [0.15, 0.2) is 6.10 Å². The van der Waals surface area contributed by atoms with Gasteiger partial charge in [-0.2, -0.15) is 13.2 Å². The number of benzene rings is 1. The molecule has 0 spiro atoms. The van der Waals surface area contributed by atoms with Crippen LogP contribution in [0, 0.1) is 6.92 Å². The van der Waals surface area contributed by atoms with Crippen LogP contribution >= 0.6 is 0 Å². The van der Waals surface area contributed by atoms with Crippen LogP contribution in [-0.2, 0) is 0 Å². The maximum absolute atomic E-state index is 13.1. The number of halogens is 3. The van der Waals surface area contributed by atoms with Gasteiger partial charge in [-0.05, 0) is 42.3 Å². The Kier molecular flexibility index (Phi) is 5.93. The minimum absolute atomic E-state index is 0.0989. The highest BCUT2D eigenvalue weighted by Crippen LogP contribution is 2.34. The Balaban J connectivity index is 2.00. The standard InChI is InChI=1S/C21H17F3N4O2/c1-12-3-4-17(27-10-12)14-7-15(19(29)21(22,23)24)9-16(8-14)20(30)28-13(2)18-11-25-5-6-26-18/h3-11,19,29H,2H2,1H3,(H,28,30). The molecular weight excluding hydrogens is 397 g/mol. The fourth-order valence-electron chi connectivity index (χ4n) is 2.64. The van der Waals surface area contributed by atoms with E-state index in [1.807, 2.05) is 6.92 Å². The first-order chi connectivity index (χ1) is 14.1. The van der Waals surface area contributed by atoms with Crippen molar-refractivity contribution in [2.45, 2.75) is 19.2 Å². The number of hydrogen-bond acceptors (Lipinski definition) is 5. The number of aliphatic hydroxyl groups excluding tert-OH is 1. The van der Waals surface area contributed by atoms with E-state index in [2.05, 4.69) is 26.8 Å². The lowest BCUT2D eigenvalue weighted by Crippen LogP contribution is -2.24. The molecule has 3 rings (SSSR count). The highest BCUT2D eigenvalue weighted by Gasteiger charge is 2.39. The maximum atomic E-state index is 13.1. The Bertz CT molecular complexity index is 1070. The predicted octanol–water partition coefficient (Wildman–Crippen LogP) is 3.84. The molecule has 0 aliphatic rings. The van der Waals surface area contributed by atoms with Gasteiger partial charge in [0, 0.05) is 29.7 Å². The van der Waals surface area contributed by atoms with E-state index in [0.29, 0.717) is 11.4 Å². The summed E-state index contributed by atoms with van der Waals surface area (Å²) >= 11 is 0. The number of aryl methyl sites for hydroxylation is 1. The van der Waals surface area contributed by atoms with Crippen molar-refractivity contribution in [3.05, 3.63) is 84.1 Å². The normalized spacial score (nSPS) is 12.3. The van der Waals surface area contributed by atoms with Gasteiger partial charge in [0.25, 0.3) is 5.91 Å². The number of nitrogens with one attached hydrogen (secondary N) is 1. The van der Waals surface area contributed by atoms with E-state index >= 15 is 0 Å². The van der Waals surface area contributed by atoms with Crippen molar-refractivity contribution in [3.8, 4) is 11.3 Å². The van der Waals surface area contributed by atoms with Gasteiger partial charge in [-0.3, -0.25) is 19.7 Å². The minimum atomic E-state index is -4.89. The van der Waals surface area contributed by atoms with Gasteiger partial charge in [-0.25, -0.2) is 0 Å². The van der Waals surface area contributed by atoms with Crippen molar-refractivity contribution in [1.29, 1.82) is 0 Å². The molecule has 154 valence electrons. The average Bonchev–Trinajstić information content (AvgIpc) is 2.73. The molecule has 0 fully saturated rings. The van der Waals surface area contributed by atoms with Gasteiger partial charge in [-0.1, -0.05) is 12.6 Å². The smallest absolute Gasteiger partial charge is 0.379 e. The highest BCUT2D eigenvalue weighted by molar-refractivity contribution is 6.00. The zero-order valence-electron chi connectivity index (χ0n) is 15.8. The highest BCUT2D eigenvalue weighted by atomic mass is 19.4. The lowest BCUT2D eigenvalue weighted by Gasteiger charge is -2.17. The monoisotopic (exact) mass is 414 g/mol. The SMILES string of the molecule is C=C(NC(=O)c1cc(-c2ccc(C)cn2)cc(C(O)C(F)(F)F)c1)c1cnccn1. The first kappa shape index (κ1) is 21.1. The van der Waals surface area contributed by atoms with Crippen LogP contribution in [-0.4, -0.2) is 32.1 Å². The Labute approximate surface area is 170 Å². The summed E-state index contributed by atoms with van der Waals surface area (Å²) in [5.74, 6) is -0.713. The number of aromatic nitrogens is 3. The zero-order valence-corrected chi connectivity index (χ0v) is 15.8. The summed E-state index contributed by atoms with van der Waals surface area (Å²) in [6.07, 6.45) is -1.85. The number of carbonyl (C=O) groups excluding carboxylic acids is 1. The number of alkyl halides is 3. The summed E-state index contributed by atoms with van der Waals surface area (Å²) in [5.41, 5.74) is 1.34. The topological polar surface area (TPSA) is 88.0 Å². The largest absolute Gasteiger partial charge is 0.418 e. The van der Waals surface area contributed by atoms with Crippen LogP contribution in [0.15, 0.2) is 61.7 Å². The molecule has 0 aliphatic heterocycles. The van der Waals surface area contributed by atoms with Gasteiger partial charge in [0.1, 0.15) is 5.69 Å². The van der Waals surface area contributed by atoms with E-state index in [1.165, 1.54) is 24.7 Å². The van der Waals surface area contributed by atoms with Crippen LogP contribution in [0.4, 0.5) is 13.2 Å². The van der Waals surface area contributed by atoms with Gasteiger partial charge < -0.3 is 10.4 Å². The van der Waals surface area contributed by atoms with E-state index in [0.717, 1.165) is 17.7 Å². The Morgan fingerprint density at radius 2 is 1.90 bits per heavy atom. The molecule has 1 amide bonds. The fourth-order valence-corrected chi connectivity index (χ4v) is 2.64. The summed E-state index contributed by atoms with van der Waals surface area (Å²) in [4.78, 5) is 24.7. The minimum Gasteiger partial charge on any atom is -0.379 e. The third-order valence-corrected chi connectivity index (χ3v) is 4.19. The molecule has 0 saturated carbocycles. The summed E-state index contributed by atoms with van der Waals surface area (Å²) < 4.78 is 39.3. The van der Waals surface area contributed by atoms with Crippen LogP contribution in [0.1, 0.15) is 33.3 Å². The van der Waals surface area contributed by atoms with E-state index < -0.39 is 23.8 Å². The lowest BCUT2D eigenvalue weighted by molar-refractivity contribution is -0.206. The molecule has 0 aliphatic carbocycles. The van der Waals surface area contributed by atoms with Crippen molar-refractivity contribution >= 4 is 11.6 Å². The number of hydrogen-bond donors (Lipinski definition) is 2. The van der Waals surface area contributed by atoms with Crippen LogP contribution in [0.3, 0.4) is 0 Å². The van der Waals surface area contributed by atoms with Gasteiger partial charge in [-0.15, -0.1) is 0 Å². The van der Waals surface area contributed by atoms with Crippen molar-refractivity contribution in [2.24, 2.45) is 0 Å². The first-order valence-electron chi connectivity index (χ1n) is 8.74. The molecule has 1 unspecified atom stereocenters. The number of carbonyl (C=O) groups is 1.